The lowest BCUT2D eigenvalue weighted by atomic mass is 10.2. The third kappa shape index (κ3) is 3.62. The molecule has 1 aromatic heterocycles. The Kier molecular flexibility index (Phi) is 3.04. The summed E-state index contributed by atoms with van der Waals surface area (Å²) in [5, 5.41) is -0.314. The molecule has 0 aliphatic carbocycles. The van der Waals surface area contributed by atoms with Gasteiger partial charge in [0.25, 0.3) is 0 Å². The molecule has 0 aromatic carbocycles. The van der Waals surface area contributed by atoms with E-state index in [0.717, 1.165) is 12.1 Å². The second kappa shape index (κ2) is 3.93. The Morgan fingerprint density at radius 1 is 1.47 bits per heavy atom. The Bertz CT molecular complexity index is 394. The van der Waals surface area contributed by atoms with Crippen LogP contribution in [0.3, 0.4) is 0 Å². The second-order valence-corrected chi connectivity index (χ2v) is 2.82. The highest BCUT2D eigenvalue weighted by atomic mass is 35.5. The number of nitrogens with two attached hydrogens (primary N) is 1. The summed E-state index contributed by atoms with van der Waals surface area (Å²) in [6.07, 6.45) is -4.90. The summed E-state index contributed by atoms with van der Waals surface area (Å²) in [5.41, 5.74) is 4.64. The molecule has 0 spiro atoms. The molecule has 0 bridgehead atoms. The molecule has 0 aliphatic rings. The molecule has 1 amide bonds. The van der Waals surface area contributed by atoms with Crippen LogP contribution in [0.25, 0.3) is 0 Å². The van der Waals surface area contributed by atoms with Gasteiger partial charge in [-0.2, -0.15) is 0 Å². The molecule has 0 fully saturated rings. The fraction of sp³-hybridized carbons (Fsp3) is 0.143. The van der Waals surface area contributed by atoms with Crippen molar-refractivity contribution in [2.75, 3.05) is 0 Å². The number of carbonyl (C=O) groups is 1. The molecular formula is C7H4ClF3N2O2. The number of hydrogen-bond donors (Lipinski definition) is 1. The number of primary amides is 1. The van der Waals surface area contributed by atoms with Gasteiger partial charge in [-0.1, -0.05) is 11.6 Å². The molecule has 0 radical (unpaired) electrons. The van der Waals surface area contributed by atoms with Gasteiger partial charge in [-0.3, -0.25) is 4.79 Å². The molecule has 1 aromatic rings. The van der Waals surface area contributed by atoms with E-state index in [-0.39, 0.29) is 10.7 Å². The van der Waals surface area contributed by atoms with Crippen LogP contribution in [0.2, 0.25) is 5.15 Å². The van der Waals surface area contributed by atoms with E-state index in [2.05, 4.69) is 9.72 Å². The lowest BCUT2D eigenvalue weighted by molar-refractivity contribution is -0.276. The van der Waals surface area contributed by atoms with E-state index in [1.165, 1.54) is 0 Å². The lowest BCUT2D eigenvalue weighted by Gasteiger charge is -2.08. The van der Waals surface area contributed by atoms with Crippen molar-refractivity contribution in [3.05, 3.63) is 22.8 Å². The van der Waals surface area contributed by atoms with Gasteiger partial charge >= 0.3 is 6.36 Å². The average Bonchev–Trinajstić information content (AvgIpc) is 1.99. The van der Waals surface area contributed by atoms with E-state index in [9.17, 15) is 18.0 Å². The predicted molar refractivity (Wildman–Crippen MR) is 44.4 cm³/mol. The van der Waals surface area contributed by atoms with E-state index in [1.807, 2.05) is 0 Å². The van der Waals surface area contributed by atoms with Crippen molar-refractivity contribution in [2.45, 2.75) is 6.36 Å². The highest BCUT2D eigenvalue weighted by Gasteiger charge is 2.32. The van der Waals surface area contributed by atoms with Crippen LogP contribution in [0.4, 0.5) is 13.2 Å². The number of nitrogens with zero attached hydrogens (tertiary/aromatic N) is 1. The van der Waals surface area contributed by atoms with Crippen LogP contribution < -0.4 is 10.5 Å². The third-order valence-corrected chi connectivity index (χ3v) is 1.47. The summed E-state index contributed by atoms with van der Waals surface area (Å²) in [5.74, 6) is -1.75. The Hall–Kier alpha value is -1.50. The van der Waals surface area contributed by atoms with Gasteiger partial charge in [0.15, 0.2) is 0 Å². The van der Waals surface area contributed by atoms with Crippen LogP contribution in [0, 0.1) is 0 Å². The molecule has 0 unspecified atom stereocenters. The van der Waals surface area contributed by atoms with Crippen LogP contribution in [-0.4, -0.2) is 17.3 Å². The van der Waals surface area contributed by atoms with Gasteiger partial charge in [0, 0.05) is 11.6 Å². The lowest BCUT2D eigenvalue weighted by Crippen LogP contribution is -2.19. The molecule has 82 valence electrons. The molecule has 0 saturated heterocycles. The van der Waals surface area contributed by atoms with Crippen LogP contribution in [0.1, 0.15) is 10.4 Å². The van der Waals surface area contributed by atoms with Crippen molar-refractivity contribution in [1.82, 2.24) is 4.98 Å². The van der Waals surface area contributed by atoms with Crippen molar-refractivity contribution in [1.29, 1.82) is 0 Å². The first-order valence-electron chi connectivity index (χ1n) is 3.51. The molecule has 1 rings (SSSR count). The van der Waals surface area contributed by atoms with E-state index < -0.39 is 18.1 Å². The highest BCUT2D eigenvalue weighted by molar-refractivity contribution is 6.29. The molecular weight excluding hydrogens is 237 g/mol. The first kappa shape index (κ1) is 11.6. The summed E-state index contributed by atoms with van der Waals surface area (Å²) >= 11 is 5.36. The Labute approximate surface area is 86.8 Å². The molecule has 15 heavy (non-hydrogen) atoms. The quantitative estimate of drug-likeness (QED) is 0.801. The number of rotatable bonds is 2. The van der Waals surface area contributed by atoms with Gasteiger partial charge in [0.1, 0.15) is 5.15 Å². The van der Waals surface area contributed by atoms with E-state index in [1.54, 1.807) is 0 Å². The largest absolute Gasteiger partial charge is 0.574 e. The van der Waals surface area contributed by atoms with Crippen LogP contribution in [0.5, 0.6) is 5.88 Å². The number of alkyl halides is 3. The SMILES string of the molecule is NC(=O)c1cc(Cl)nc(OC(F)(F)F)c1. The Morgan fingerprint density at radius 2 is 2.07 bits per heavy atom. The summed E-state index contributed by atoms with van der Waals surface area (Å²) in [6, 6.07) is 1.79. The standard InChI is InChI=1S/C7H4ClF3N2O2/c8-4-1-3(6(12)14)2-5(13-4)15-7(9,10)11/h1-2H,(H2,12,14). The maximum Gasteiger partial charge on any atom is 0.574 e. The zero-order valence-electron chi connectivity index (χ0n) is 7.01. The number of aromatic nitrogens is 1. The number of pyridine rings is 1. The average molecular weight is 241 g/mol. The fourth-order valence-corrected chi connectivity index (χ4v) is 0.987. The van der Waals surface area contributed by atoms with Crippen molar-refractivity contribution >= 4 is 17.5 Å². The highest BCUT2D eigenvalue weighted by Crippen LogP contribution is 2.23. The minimum atomic E-state index is -4.90. The first-order chi connectivity index (χ1) is 6.78. The van der Waals surface area contributed by atoms with Gasteiger partial charge in [-0.05, 0) is 6.07 Å². The number of carbonyl (C=O) groups excluding carboxylic acids is 1. The number of amides is 1. The summed E-state index contributed by atoms with van der Waals surface area (Å²) < 4.78 is 38.8. The minimum absolute atomic E-state index is 0.214. The zero-order chi connectivity index (χ0) is 11.6. The van der Waals surface area contributed by atoms with Gasteiger partial charge in [-0.25, -0.2) is 4.98 Å². The minimum Gasteiger partial charge on any atom is -0.388 e. The summed E-state index contributed by atoms with van der Waals surface area (Å²) in [6.45, 7) is 0. The van der Waals surface area contributed by atoms with Gasteiger partial charge in [-0.15, -0.1) is 13.2 Å². The van der Waals surface area contributed by atoms with Crippen LogP contribution in [-0.2, 0) is 0 Å². The van der Waals surface area contributed by atoms with E-state index in [4.69, 9.17) is 17.3 Å². The summed E-state index contributed by atoms with van der Waals surface area (Å²) in [4.78, 5) is 13.9. The monoisotopic (exact) mass is 240 g/mol. The zero-order valence-corrected chi connectivity index (χ0v) is 7.76. The third-order valence-electron chi connectivity index (χ3n) is 1.28. The van der Waals surface area contributed by atoms with E-state index in [0.29, 0.717) is 0 Å². The molecule has 1 heterocycles. The number of hydrogen-bond acceptors (Lipinski definition) is 3. The maximum atomic E-state index is 11.8. The number of ether oxygens (including phenoxy) is 1. The van der Waals surface area contributed by atoms with Gasteiger partial charge < -0.3 is 10.5 Å². The molecule has 0 saturated carbocycles. The fourth-order valence-electron chi connectivity index (χ4n) is 0.786. The Morgan fingerprint density at radius 3 is 2.53 bits per heavy atom. The van der Waals surface area contributed by atoms with Crippen LogP contribution in [0.15, 0.2) is 12.1 Å². The van der Waals surface area contributed by atoms with Gasteiger partial charge in [0.2, 0.25) is 11.8 Å². The first-order valence-corrected chi connectivity index (χ1v) is 3.89. The molecule has 0 atom stereocenters. The van der Waals surface area contributed by atoms with Crippen molar-refractivity contribution in [2.24, 2.45) is 5.73 Å². The van der Waals surface area contributed by atoms with Crippen molar-refractivity contribution in [3.63, 3.8) is 0 Å². The molecule has 4 nitrogen and oxygen atoms in total. The Balaban J connectivity index is 3.04. The van der Waals surface area contributed by atoms with Crippen molar-refractivity contribution in [3.8, 4) is 5.88 Å². The maximum absolute atomic E-state index is 11.8. The normalized spacial score (nSPS) is 11.2. The smallest absolute Gasteiger partial charge is 0.388 e. The van der Waals surface area contributed by atoms with Crippen LogP contribution >= 0.6 is 11.6 Å². The van der Waals surface area contributed by atoms with Crippen molar-refractivity contribution < 1.29 is 22.7 Å². The topological polar surface area (TPSA) is 65.2 Å². The summed E-state index contributed by atoms with van der Waals surface area (Å²) in [7, 11) is 0. The molecule has 8 heteroatoms. The second-order valence-electron chi connectivity index (χ2n) is 2.43. The molecule has 0 aliphatic heterocycles. The number of halogens is 4. The van der Waals surface area contributed by atoms with Gasteiger partial charge in [0.05, 0.1) is 0 Å². The predicted octanol–water partition coefficient (Wildman–Crippen LogP) is 1.73. The van der Waals surface area contributed by atoms with E-state index >= 15 is 0 Å². The molecule has 2 N–H and O–H groups in total.